The van der Waals surface area contributed by atoms with Gasteiger partial charge >= 0.3 is 5.97 Å². The van der Waals surface area contributed by atoms with Crippen molar-refractivity contribution in [3.05, 3.63) is 29.3 Å². The summed E-state index contributed by atoms with van der Waals surface area (Å²) in [6.45, 7) is 3.42. The van der Waals surface area contributed by atoms with Crippen LogP contribution in [0, 0.1) is 0 Å². The molecule has 2 N–H and O–H groups in total. The number of halogens is 1. The van der Waals surface area contributed by atoms with Gasteiger partial charge in [-0.15, -0.1) is 0 Å². The van der Waals surface area contributed by atoms with Gasteiger partial charge in [-0.05, 0) is 25.5 Å². The Morgan fingerprint density at radius 2 is 2.00 bits per heavy atom. The zero-order valence-electron chi connectivity index (χ0n) is 11.4. The Morgan fingerprint density at radius 1 is 1.40 bits per heavy atom. The molecule has 1 aromatic carbocycles. The van der Waals surface area contributed by atoms with E-state index >= 15 is 0 Å². The van der Waals surface area contributed by atoms with Crippen LogP contribution in [0.3, 0.4) is 0 Å². The van der Waals surface area contributed by atoms with E-state index in [1.165, 1.54) is 25.1 Å². The number of benzene rings is 1. The van der Waals surface area contributed by atoms with E-state index in [0.717, 1.165) is 0 Å². The first-order chi connectivity index (χ1) is 9.32. The van der Waals surface area contributed by atoms with Gasteiger partial charge in [-0.25, -0.2) is 8.42 Å². The summed E-state index contributed by atoms with van der Waals surface area (Å²) in [5.74, 6) is -0.846. The summed E-state index contributed by atoms with van der Waals surface area (Å²) in [6.07, 6.45) is 0.601. The molecule has 0 bridgehead atoms. The van der Waals surface area contributed by atoms with Gasteiger partial charge in [-0.1, -0.05) is 30.7 Å². The minimum absolute atomic E-state index is 0.0569. The van der Waals surface area contributed by atoms with Gasteiger partial charge in [0, 0.05) is 6.04 Å². The summed E-state index contributed by atoms with van der Waals surface area (Å²) in [5, 5.41) is -1.41. The lowest BCUT2D eigenvalue weighted by atomic mass is 10.2. The lowest BCUT2D eigenvalue weighted by Crippen LogP contribution is -2.45. The van der Waals surface area contributed by atoms with Crippen LogP contribution in [0.1, 0.15) is 20.3 Å². The maximum absolute atomic E-state index is 12.5. The number of rotatable bonds is 6. The van der Waals surface area contributed by atoms with Crippen LogP contribution in [0.25, 0.3) is 0 Å². The monoisotopic (exact) mass is 319 g/mol. The van der Waals surface area contributed by atoms with Gasteiger partial charge < -0.3 is 10.5 Å². The number of carbonyl (C=O) groups is 1. The molecule has 0 radical (unpaired) electrons. The molecule has 0 aromatic heterocycles. The van der Waals surface area contributed by atoms with Gasteiger partial charge in [0.2, 0.25) is 0 Å². The third-order valence-electron chi connectivity index (χ3n) is 2.64. The van der Waals surface area contributed by atoms with Gasteiger partial charge in [0.05, 0.1) is 16.5 Å². The minimum atomic E-state index is -3.99. The highest BCUT2D eigenvalue weighted by Gasteiger charge is 2.39. The van der Waals surface area contributed by atoms with Crippen LogP contribution in [-0.4, -0.2) is 32.3 Å². The smallest absolute Gasteiger partial charge is 0.326 e. The zero-order valence-corrected chi connectivity index (χ0v) is 12.9. The van der Waals surface area contributed by atoms with Crippen LogP contribution < -0.4 is 5.73 Å². The molecule has 0 aliphatic heterocycles. The van der Waals surface area contributed by atoms with Crippen molar-refractivity contribution >= 4 is 27.4 Å². The molecular weight excluding hydrogens is 302 g/mol. The normalized spacial score (nSPS) is 14.6. The quantitative estimate of drug-likeness (QED) is 0.808. The van der Waals surface area contributed by atoms with Crippen LogP contribution >= 0.6 is 11.6 Å². The largest absolute Gasteiger partial charge is 0.465 e. The van der Waals surface area contributed by atoms with Crippen molar-refractivity contribution in [2.45, 2.75) is 36.5 Å². The third kappa shape index (κ3) is 3.71. The second-order valence-corrected chi connectivity index (χ2v) is 6.87. The van der Waals surface area contributed by atoms with E-state index in [0.29, 0.717) is 6.42 Å². The first-order valence-corrected chi connectivity index (χ1v) is 8.15. The van der Waals surface area contributed by atoms with Crippen LogP contribution in [-0.2, 0) is 19.4 Å². The number of hydrogen-bond acceptors (Lipinski definition) is 5. The average Bonchev–Trinajstić information content (AvgIpc) is 2.35. The molecule has 0 saturated carbocycles. The molecule has 2 atom stereocenters. The summed E-state index contributed by atoms with van der Waals surface area (Å²) in [5.41, 5.74) is 5.66. The van der Waals surface area contributed by atoms with E-state index in [1.807, 2.05) is 6.92 Å². The van der Waals surface area contributed by atoms with Crippen molar-refractivity contribution in [3.63, 3.8) is 0 Å². The van der Waals surface area contributed by atoms with E-state index in [-0.39, 0.29) is 16.5 Å². The molecule has 112 valence electrons. The molecule has 0 amide bonds. The molecule has 5 nitrogen and oxygen atoms in total. The molecule has 7 heteroatoms. The molecule has 0 saturated heterocycles. The van der Waals surface area contributed by atoms with Gasteiger partial charge in [0.1, 0.15) is 0 Å². The molecule has 0 heterocycles. The van der Waals surface area contributed by atoms with Crippen molar-refractivity contribution in [1.82, 2.24) is 0 Å². The lowest BCUT2D eigenvalue weighted by Gasteiger charge is -2.20. The van der Waals surface area contributed by atoms with Crippen LogP contribution in [0.2, 0.25) is 5.02 Å². The molecular formula is C13H18ClNO4S. The van der Waals surface area contributed by atoms with Crippen LogP contribution in [0.4, 0.5) is 0 Å². The Bertz CT molecular complexity index is 571. The Morgan fingerprint density at radius 3 is 2.50 bits per heavy atom. The van der Waals surface area contributed by atoms with Crippen molar-refractivity contribution in [2.24, 2.45) is 5.73 Å². The first kappa shape index (κ1) is 16.9. The number of esters is 1. The van der Waals surface area contributed by atoms with Gasteiger partial charge in [-0.2, -0.15) is 0 Å². The Hall–Kier alpha value is -1.11. The topological polar surface area (TPSA) is 86.5 Å². The highest BCUT2D eigenvalue weighted by Crippen LogP contribution is 2.26. The standard InChI is InChI=1S/C13H18ClNO4S/c1-3-8-19-13(16)12(9(2)15)20(17,18)11-7-5-4-6-10(11)14/h4-7,9,12H,3,8,15H2,1-2H3. The van der Waals surface area contributed by atoms with E-state index in [4.69, 9.17) is 22.1 Å². The summed E-state index contributed by atoms with van der Waals surface area (Å²) in [4.78, 5) is 11.8. The average molecular weight is 320 g/mol. The summed E-state index contributed by atoms with van der Waals surface area (Å²) < 4.78 is 30.0. The first-order valence-electron chi connectivity index (χ1n) is 6.23. The molecule has 0 spiro atoms. The Labute approximate surface area is 124 Å². The molecule has 1 aromatic rings. The van der Waals surface area contributed by atoms with E-state index in [2.05, 4.69) is 0 Å². The number of hydrogen-bond donors (Lipinski definition) is 1. The second-order valence-electron chi connectivity index (χ2n) is 4.42. The molecule has 2 unspecified atom stereocenters. The predicted molar refractivity (Wildman–Crippen MR) is 77.3 cm³/mol. The highest BCUT2D eigenvalue weighted by molar-refractivity contribution is 7.93. The summed E-state index contributed by atoms with van der Waals surface area (Å²) in [6, 6.07) is 5.04. The summed E-state index contributed by atoms with van der Waals surface area (Å²) in [7, 11) is -3.99. The maximum Gasteiger partial charge on any atom is 0.326 e. The fraction of sp³-hybridized carbons (Fsp3) is 0.462. The Balaban J connectivity index is 3.20. The van der Waals surface area contributed by atoms with Crippen molar-refractivity contribution in [3.8, 4) is 0 Å². The lowest BCUT2D eigenvalue weighted by molar-refractivity contribution is -0.143. The van der Waals surface area contributed by atoms with Crippen molar-refractivity contribution in [2.75, 3.05) is 6.61 Å². The highest BCUT2D eigenvalue weighted by atomic mass is 35.5. The van der Waals surface area contributed by atoms with E-state index in [9.17, 15) is 13.2 Å². The Kier molecular flexibility index (Phi) is 5.98. The van der Waals surface area contributed by atoms with Gasteiger partial charge in [0.25, 0.3) is 0 Å². The molecule has 1 rings (SSSR count). The minimum Gasteiger partial charge on any atom is -0.465 e. The number of nitrogens with two attached hydrogens (primary N) is 1. The molecule has 0 fully saturated rings. The molecule has 0 aliphatic rings. The number of carbonyl (C=O) groups excluding carboxylic acids is 1. The van der Waals surface area contributed by atoms with Gasteiger partial charge in [0.15, 0.2) is 15.1 Å². The number of ether oxygens (including phenoxy) is 1. The maximum atomic E-state index is 12.5. The zero-order chi connectivity index (χ0) is 15.3. The third-order valence-corrected chi connectivity index (χ3v) is 5.34. The van der Waals surface area contributed by atoms with Crippen LogP contribution in [0.5, 0.6) is 0 Å². The predicted octanol–water partition coefficient (Wildman–Crippen LogP) is 1.78. The van der Waals surface area contributed by atoms with Crippen molar-refractivity contribution < 1.29 is 17.9 Å². The van der Waals surface area contributed by atoms with E-state index < -0.39 is 27.1 Å². The van der Waals surface area contributed by atoms with Crippen molar-refractivity contribution in [1.29, 1.82) is 0 Å². The van der Waals surface area contributed by atoms with Crippen LogP contribution in [0.15, 0.2) is 29.2 Å². The molecule has 20 heavy (non-hydrogen) atoms. The number of sulfone groups is 1. The fourth-order valence-corrected chi connectivity index (χ4v) is 3.95. The molecule has 0 aliphatic carbocycles. The van der Waals surface area contributed by atoms with Gasteiger partial charge in [-0.3, -0.25) is 4.79 Å². The fourth-order valence-electron chi connectivity index (χ4n) is 1.72. The summed E-state index contributed by atoms with van der Waals surface area (Å²) >= 11 is 5.89. The SMILES string of the molecule is CCCOC(=O)C(C(C)N)S(=O)(=O)c1ccccc1Cl. The van der Waals surface area contributed by atoms with E-state index in [1.54, 1.807) is 6.07 Å². The second kappa shape index (κ2) is 7.06.